The number of thiazole rings is 1. The molecule has 0 aliphatic carbocycles. The number of aryl methyl sites for hydroxylation is 1. The topological polar surface area (TPSA) is 12.9 Å². The minimum atomic E-state index is 0.878. The van der Waals surface area contributed by atoms with E-state index in [1.807, 2.05) is 30.5 Å². The summed E-state index contributed by atoms with van der Waals surface area (Å²) in [5.74, 6) is 6.45. The predicted octanol–water partition coefficient (Wildman–Crippen LogP) is 4.79. The van der Waals surface area contributed by atoms with Crippen LogP contribution in [-0.4, -0.2) is 4.98 Å². The van der Waals surface area contributed by atoms with Crippen LogP contribution in [0.1, 0.15) is 16.9 Å². The van der Waals surface area contributed by atoms with Crippen molar-refractivity contribution in [3.63, 3.8) is 0 Å². The Labute approximate surface area is 129 Å². The van der Waals surface area contributed by atoms with Gasteiger partial charge in [-0.2, -0.15) is 0 Å². The van der Waals surface area contributed by atoms with Crippen LogP contribution in [0.15, 0.2) is 66.9 Å². The molecule has 1 aromatic heterocycles. The van der Waals surface area contributed by atoms with Crippen molar-refractivity contribution in [3.8, 4) is 22.4 Å². The maximum absolute atomic E-state index is 4.44. The summed E-state index contributed by atoms with van der Waals surface area (Å²) in [6.45, 7) is 0. The molecule has 0 bridgehead atoms. The van der Waals surface area contributed by atoms with Gasteiger partial charge in [-0.3, -0.25) is 0 Å². The summed E-state index contributed by atoms with van der Waals surface area (Å²) in [6, 6.07) is 20.7. The van der Waals surface area contributed by atoms with Crippen molar-refractivity contribution in [2.75, 3.05) is 0 Å². The van der Waals surface area contributed by atoms with Crippen LogP contribution in [0.4, 0.5) is 0 Å². The highest BCUT2D eigenvalue weighted by Gasteiger charge is 2.01. The number of aromatic nitrogens is 1. The summed E-state index contributed by atoms with van der Waals surface area (Å²) in [4.78, 5) is 5.47. The minimum Gasteiger partial charge on any atom is -0.243 e. The number of hydrogen-bond acceptors (Lipinski definition) is 2. The van der Waals surface area contributed by atoms with E-state index in [9.17, 15) is 0 Å². The van der Waals surface area contributed by atoms with Crippen molar-refractivity contribution in [1.82, 2.24) is 4.98 Å². The molecule has 3 aromatic rings. The lowest BCUT2D eigenvalue weighted by Crippen LogP contribution is -1.81. The normalized spacial score (nSPS) is 9.90. The van der Waals surface area contributed by atoms with Gasteiger partial charge in [-0.1, -0.05) is 72.5 Å². The molecule has 0 atom stereocenters. The van der Waals surface area contributed by atoms with Crippen LogP contribution in [-0.2, 0) is 6.42 Å². The van der Waals surface area contributed by atoms with Crippen LogP contribution in [0.2, 0.25) is 0 Å². The molecule has 0 N–H and O–H groups in total. The lowest BCUT2D eigenvalue weighted by atomic mass is 10.1. The average molecular weight is 289 g/mol. The van der Waals surface area contributed by atoms with Gasteiger partial charge in [0.25, 0.3) is 0 Å². The van der Waals surface area contributed by atoms with E-state index in [1.165, 1.54) is 5.56 Å². The third-order valence-electron chi connectivity index (χ3n) is 3.12. The Bertz CT molecular complexity index is 748. The molecule has 0 saturated heterocycles. The zero-order valence-electron chi connectivity index (χ0n) is 11.6. The monoisotopic (exact) mass is 289 g/mol. The van der Waals surface area contributed by atoms with Gasteiger partial charge in [-0.15, -0.1) is 11.3 Å². The minimum absolute atomic E-state index is 0.878. The van der Waals surface area contributed by atoms with E-state index in [0.29, 0.717) is 0 Å². The Hall–Kier alpha value is -2.37. The molecule has 0 aliphatic rings. The molecule has 102 valence electrons. The van der Waals surface area contributed by atoms with Gasteiger partial charge in [0.05, 0.1) is 11.1 Å². The molecule has 0 unspecified atom stereocenters. The van der Waals surface area contributed by atoms with Crippen LogP contribution in [0.5, 0.6) is 0 Å². The number of rotatable bonds is 3. The molecule has 0 saturated carbocycles. The molecule has 0 spiro atoms. The number of nitrogens with zero attached hydrogens (tertiary/aromatic N) is 1. The highest BCUT2D eigenvalue weighted by Crippen LogP contribution is 2.24. The van der Waals surface area contributed by atoms with Gasteiger partial charge in [0.1, 0.15) is 5.01 Å². The second-order valence-corrected chi connectivity index (χ2v) is 5.71. The second kappa shape index (κ2) is 6.88. The molecule has 1 nitrogen and oxygen atoms in total. The van der Waals surface area contributed by atoms with Crippen LogP contribution in [0.25, 0.3) is 10.6 Å². The van der Waals surface area contributed by atoms with E-state index in [2.05, 4.69) is 53.2 Å². The van der Waals surface area contributed by atoms with E-state index in [0.717, 1.165) is 28.3 Å². The molecule has 21 heavy (non-hydrogen) atoms. The van der Waals surface area contributed by atoms with Gasteiger partial charge in [0.15, 0.2) is 0 Å². The Morgan fingerprint density at radius 1 is 0.905 bits per heavy atom. The standard InChI is InChI=1S/C19H15NS/c1-3-9-16(10-4-1)11-7-8-14-18-15-20-19(21-18)17-12-5-2-6-13-17/h1-6,9-10,12-13,15H,7,11H2. The number of benzene rings is 2. The highest BCUT2D eigenvalue weighted by molar-refractivity contribution is 7.15. The van der Waals surface area contributed by atoms with Gasteiger partial charge in [-0.05, 0) is 12.0 Å². The Morgan fingerprint density at radius 3 is 2.38 bits per heavy atom. The summed E-state index contributed by atoms with van der Waals surface area (Å²) in [5, 5.41) is 1.03. The quantitative estimate of drug-likeness (QED) is 0.631. The molecule has 0 aliphatic heterocycles. The van der Waals surface area contributed by atoms with E-state index in [1.54, 1.807) is 11.3 Å². The second-order valence-electron chi connectivity index (χ2n) is 4.68. The van der Waals surface area contributed by atoms with Crippen molar-refractivity contribution >= 4 is 11.3 Å². The van der Waals surface area contributed by atoms with Crippen molar-refractivity contribution in [1.29, 1.82) is 0 Å². The fourth-order valence-electron chi connectivity index (χ4n) is 2.05. The smallest absolute Gasteiger partial charge is 0.124 e. The molecular weight excluding hydrogens is 274 g/mol. The van der Waals surface area contributed by atoms with Gasteiger partial charge < -0.3 is 0 Å². The first-order valence-corrected chi connectivity index (χ1v) is 7.77. The highest BCUT2D eigenvalue weighted by atomic mass is 32.1. The van der Waals surface area contributed by atoms with Crippen molar-refractivity contribution in [2.45, 2.75) is 12.8 Å². The Balaban J connectivity index is 1.62. The maximum atomic E-state index is 4.44. The molecule has 0 fully saturated rings. The van der Waals surface area contributed by atoms with E-state index in [-0.39, 0.29) is 0 Å². The molecule has 0 radical (unpaired) electrons. The van der Waals surface area contributed by atoms with Crippen LogP contribution in [0.3, 0.4) is 0 Å². The zero-order chi connectivity index (χ0) is 14.3. The average Bonchev–Trinajstić information content (AvgIpc) is 3.02. The van der Waals surface area contributed by atoms with Crippen LogP contribution >= 0.6 is 11.3 Å². The lowest BCUT2D eigenvalue weighted by molar-refractivity contribution is 1.03. The fraction of sp³-hybridized carbons (Fsp3) is 0.105. The largest absolute Gasteiger partial charge is 0.243 e. The lowest BCUT2D eigenvalue weighted by Gasteiger charge is -1.94. The Morgan fingerprint density at radius 2 is 1.62 bits per heavy atom. The van der Waals surface area contributed by atoms with Gasteiger partial charge in [0.2, 0.25) is 0 Å². The van der Waals surface area contributed by atoms with Crippen LogP contribution in [0, 0.1) is 11.8 Å². The molecular formula is C19H15NS. The number of hydrogen-bond donors (Lipinski definition) is 0. The molecule has 2 aromatic carbocycles. The Kier molecular flexibility index (Phi) is 4.45. The summed E-state index contributed by atoms with van der Waals surface area (Å²) in [7, 11) is 0. The fourth-order valence-corrected chi connectivity index (χ4v) is 2.84. The predicted molar refractivity (Wildman–Crippen MR) is 89.2 cm³/mol. The summed E-state index contributed by atoms with van der Waals surface area (Å²) >= 11 is 1.65. The third-order valence-corrected chi connectivity index (χ3v) is 4.08. The van der Waals surface area contributed by atoms with Crippen molar-refractivity contribution in [2.24, 2.45) is 0 Å². The van der Waals surface area contributed by atoms with Crippen molar-refractivity contribution in [3.05, 3.63) is 77.3 Å². The molecule has 3 rings (SSSR count). The van der Waals surface area contributed by atoms with Gasteiger partial charge in [0, 0.05) is 12.0 Å². The van der Waals surface area contributed by atoms with E-state index in [4.69, 9.17) is 0 Å². The summed E-state index contributed by atoms with van der Waals surface area (Å²) in [6.07, 6.45) is 3.74. The first-order valence-electron chi connectivity index (χ1n) is 6.96. The van der Waals surface area contributed by atoms with E-state index < -0.39 is 0 Å². The van der Waals surface area contributed by atoms with Crippen LogP contribution < -0.4 is 0 Å². The zero-order valence-corrected chi connectivity index (χ0v) is 12.4. The summed E-state index contributed by atoms with van der Waals surface area (Å²) < 4.78 is 0. The van der Waals surface area contributed by atoms with Crippen molar-refractivity contribution < 1.29 is 0 Å². The molecule has 1 heterocycles. The summed E-state index contributed by atoms with van der Waals surface area (Å²) in [5.41, 5.74) is 2.49. The molecule has 0 amide bonds. The SMILES string of the molecule is C(#Cc1cnc(-c2ccccc2)s1)CCc1ccccc1. The first kappa shape index (κ1) is 13.6. The molecule has 2 heteroatoms. The maximum Gasteiger partial charge on any atom is 0.124 e. The van der Waals surface area contributed by atoms with E-state index >= 15 is 0 Å². The van der Waals surface area contributed by atoms with Gasteiger partial charge in [-0.25, -0.2) is 4.98 Å². The first-order chi connectivity index (χ1) is 10.4. The third kappa shape index (κ3) is 3.81. The van der Waals surface area contributed by atoms with Gasteiger partial charge >= 0.3 is 0 Å².